The van der Waals surface area contributed by atoms with Gasteiger partial charge in [-0.25, -0.2) is 4.98 Å². The van der Waals surface area contributed by atoms with E-state index in [0.29, 0.717) is 15.7 Å². The van der Waals surface area contributed by atoms with Crippen LogP contribution in [0, 0.1) is 0 Å². The largest absolute Gasteiger partial charge is 0.293 e. The van der Waals surface area contributed by atoms with Gasteiger partial charge in [0.25, 0.3) is 5.56 Å². The number of aryl methyl sites for hydroxylation is 2. The van der Waals surface area contributed by atoms with Gasteiger partial charge in [-0.15, -0.1) is 11.3 Å². The third-order valence-electron chi connectivity index (χ3n) is 5.55. The van der Waals surface area contributed by atoms with Crippen LogP contribution in [-0.4, -0.2) is 21.1 Å². The Bertz CT molecular complexity index is 1400. The normalized spacial score (nSPS) is 13.3. The van der Waals surface area contributed by atoms with Crippen molar-refractivity contribution in [2.45, 2.75) is 30.8 Å². The molecular weight excluding hydrogens is 528 g/mol. The SMILES string of the molecule is O=C(CSc1nc2sc3c(c2c(=O)n1-c1ccc(Br)cc1)CCCC3)c1ccccc1Cl. The summed E-state index contributed by atoms with van der Waals surface area (Å²) < 4.78 is 2.57. The molecule has 0 unspecified atom stereocenters. The Labute approximate surface area is 206 Å². The van der Waals surface area contributed by atoms with Gasteiger partial charge in [0.05, 0.1) is 21.8 Å². The molecule has 1 aliphatic rings. The first-order valence-electron chi connectivity index (χ1n) is 10.3. The lowest BCUT2D eigenvalue weighted by Gasteiger charge is -2.14. The van der Waals surface area contributed by atoms with Gasteiger partial charge in [-0.3, -0.25) is 14.2 Å². The zero-order chi connectivity index (χ0) is 22.2. The Kier molecular flexibility index (Phi) is 6.25. The summed E-state index contributed by atoms with van der Waals surface area (Å²) in [7, 11) is 0. The van der Waals surface area contributed by atoms with Gasteiger partial charge in [0.1, 0.15) is 4.83 Å². The van der Waals surface area contributed by atoms with E-state index in [0.717, 1.165) is 51.6 Å². The van der Waals surface area contributed by atoms with Crippen molar-refractivity contribution in [3.8, 4) is 5.69 Å². The summed E-state index contributed by atoms with van der Waals surface area (Å²) in [5.41, 5.74) is 2.30. The summed E-state index contributed by atoms with van der Waals surface area (Å²) in [5, 5.41) is 1.68. The molecule has 2 aromatic heterocycles. The molecule has 8 heteroatoms. The van der Waals surface area contributed by atoms with Crippen LogP contribution in [0.4, 0.5) is 0 Å². The van der Waals surface area contributed by atoms with Gasteiger partial charge in [0.15, 0.2) is 10.9 Å². The van der Waals surface area contributed by atoms with Gasteiger partial charge in [-0.1, -0.05) is 51.4 Å². The summed E-state index contributed by atoms with van der Waals surface area (Å²) >= 11 is 12.5. The first kappa shape index (κ1) is 21.9. The van der Waals surface area contributed by atoms with Crippen LogP contribution < -0.4 is 5.56 Å². The average Bonchev–Trinajstić information content (AvgIpc) is 3.17. The first-order chi connectivity index (χ1) is 15.5. The van der Waals surface area contributed by atoms with E-state index in [4.69, 9.17) is 16.6 Å². The minimum atomic E-state index is -0.0947. The zero-order valence-corrected chi connectivity index (χ0v) is 20.9. The fraction of sp³-hybridized carbons (Fsp3) is 0.208. The number of Topliss-reactive ketones (excluding diaryl/α,β-unsaturated/α-hetero) is 1. The standard InChI is InChI=1S/C24H18BrClN2O2S2/c25-14-9-11-15(12-10-14)28-23(30)21-17-6-2-4-8-20(17)32-22(21)27-24(28)31-13-19(29)16-5-1-3-7-18(16)26/h1,3,5,7,9-12H,2,4,6,8,13H2. The number of nitrogens with zero attached hydrogens (tertiary/aromatic N) is 2. The number of fused-ring (bicyclic) bond motifs is 3. The second-order valence-corrected chi connectivity index (χ2v) is 10.9. The van der Waals surface area contributed by atoms with Crippen molar-refractivity contribution in [3.63, 3.8) is 0 Å². The highest BCUT2D eigenvalue weighted by Gasteiger charge is 2.23. The topological polar surface area (TPSA) is 52.0 Å². The molecular formula is C24H18BrClN2O2S2. The molecule has 0 radical (unpaired) electrons. The number of thiophene rings is 1. The number of hydrogen-bond acceptors (Lipinski definition) is 5. The minimum Gasteiger partial charge on any atom is -0.293 e. The molecule has 0 saturated heterocycles. The summed E-state index contributed by atoms with van der Waals surface area (Å²) in [4.78, 5) is 33.5. The van der Waals surface area contributed by atoms with Crippen LogP contribution in [0.1, 0.15) is 33.6 Å². The van der Waals surface area contributed by atoms with E-state index in [1.807, 2.05) is 24.3 Å². The zero-order valence-electron chi connectivity index (χ0n) is 16.9. The first-order valence-corrected chi connectivity index (χ1v) is 13.2. The van der Waals surface area contributed by atoms with E-state index in [2.05, 4.69) is 15.9 Å². The lowest BCUT2D eigenvalue weighted by molar-refractivity contribution is 0.102. The molecule has 0 amide bonds. The number of halogens is 2. The highest BCUT2D eigenvalue weighted by Crippen LogP contribution is 2.35. The summed E-state index contributed by atoms with van der Waals surface area (Å²) in [6.07, 6.45) is 4.17. The summed E-state index contributed by atoms with van der Waals surface area (Å²) in [6, 6.07) is 14.6. The van der Waals surface area contributed by atoms with Gasteiger partial charge >= 0.3 is 0 Å². The highest BCUT2D eigenvalue weighted by atomic mass is 79.9. The van der Waals surface area contributed by atoms with Crippen molar-refractivity contribution in [2.75, 3.05) is 5.75 Å². The third kappa shape index (κ3) is 4.07. The molecule has 2 aromatic carbocycles. The highest BCUT2D eigenvalue weighted by molar-refractivity contribution is 9.10. The van der Waals surface area contributed by atoms with E-state index in [1.54, 1.807) is 40.2 Å². The number of ketones is 1. The van der Waals surface area contributed by atoms with E-state index < -0.39 is 0 Å². The molecule has 0 saturated carbocycles. The van der Waals surface area contributed by atoms with Crippen molar-refractivity contribution in [1.29, 1.82) is 0 Å². The van der Waals surface area contributed by atoms with Gasteiger partial charge in [0, 0.05) is 14.9 Å². The maximum atomic E-state index is 13.7. The van der Waals surface area contributed by atoms with Crippen molar-refractivity contribution in [2.24, 2.45) is 0 Å². The lowest BCUT2D eigenvalue weighted by atomic mass is 9.97. The maximum Gasteiger partial charge on any atom is 0.267 e. The smallest absolute Gasteiger partial charge is 0.267 e. The second kappa shape index (κ2) is 9.14. The predicted molar refractivity (Wildman–Crippen MR) is 136 cm³/mol. The fourth-order valence-electron chi connectivity index (χ4n) is 4.00. The number of carbonyl (C=O) groups excluding carboxylic acids is 1. The Balaban J connectivity index is 1.61. The number of aromatic nitrogens is 2. The lowest BCUT2D eigenvalue weighted by Crippen LogP contribution is -2.22. The van der Waals surface area contributed by atoms with Gasteiger partial charge in [-0.2, -0.15) is 0 Å². The second-order valence-electron chi connectivity index (χ2n) is 7.59. The van der Waals surface area contributed by atoms with Gasteiger partial charge in [0.2, 0.25) is 0 Å². The van der Waals surface area contributed by atoms with Crippen LogP contribution in [0.25, 0.3) is 15.9 Å². The Morgan fingerprint density at radius 1 is 1.12 bits per heavy atom. The van der Waals surface area contributed by atoms with Crippen LogP contribution in [0.15, 0.2) is 63.0 Å². The molecule has 5 rings (SSSR count). The number of thioether (sulfide) groups is 1. The number of carbonyl (C=O) groups is 1. The maximum absolute atomic E-state index is 13.7. The van der Waals surface area contributed by atoms with E-state index in [-0.39, 0.29) is 17.1 Å². The predicted octanol–water partition coefficient (Wildman–Crippen LogP) is 6.72. The summed E-state index contributed by atoms with van der Waals surface area (Å²) in [6.45, 7) is 0. The van der Waals surface area contributed by atoms with E-state index >= 15 is 0 Å². The molecule has 1 aliphatic carbocycles. The van der Waals surface area contributed by atoms with Crippen molar-refractivity contribution < 1.29 is 4.79 Å². The average molecular weight is 546 g/mol. The minimum absolute atomic E-state index is 0.0654. The van der Waals surface area contributed by atoms with E-state index in [9.17, 15) is 9.59 Å². The third-order valence-corrected chi connectivity index (χ3v) is 8.53. The van der Waals surface area contributed by atoms with Gasteiger partial charge in [-0.05, 0) is 67.6 Å². The van der Waals surface area contributed by atoms with Crippen LogP contribution in [0.2, 0.25) is 5.02 Å². The molecule has 32 heavy (non-hydrogen) atoms. The summed E-state index contributed by atoms with van der Waals surface area (Å²) in [5.74, 6) is 0.0475. The molecule has 0 spiro atoms. The van der Waals surface area contributed by atoms with Crippen LogP contribution in [0.3, 0.4) is 0 Å². The fourth-order valence-corrected chi connectivity index (χ4v) is 6.70. The van der Waals surface area contributed by atoms with Crippen molar-refractivity contribution in [1.82, 2.24) is 9.55 Å². The van der Waals surface area contributed by atoms with Crippen LogP contribution in [-0.2, 0) is 12.8 Å². The number of rotatable bonds is 5. The molecule has 0 atom stereocenters. The number of hydrogen-bond donors (Lipinski definition) is 0. The van der Waals surface area contributed by atoms with Crippen molar-refractivity contribution in [3.05, 3.63) is 84.4 Å². The van der Waals surface area contributed by atoms with E-state index in [1.165, 1.54) is 16.6 Å². The Hall–Kier alpha value is -1.93. The molecule has 0 bridgehead atoms. The molecule has 0 N–H and O–H groups in total. The molecule has 162 valence electrons. The number of benzene rings is 2. The van der Waals surface area contributed by atoms with Gasteiger partial charge < -0.3 is 0 Å². The van der Waals surface area contributed by atoms with Crippen molar-refractivity contribution >= 4 is 66.6 Å². The quantitative estimate of drug-likeness (QED) is 0.159. The monoisotopic (exact) mass is 544 g/mol. The molecule has 2 heterocycles. The van der Waals surface area contributed by atoms with Crippen LogP contribution >= 0.6 is 50.6 Å². The molecule has 4 nitrogen and oxygen atoms in total. The molecule has 0 aliphatic heterocycles. The molecule has 0 fully saturated rings. The molecule has 4 aromatic rings. The Morgan fingerprint density at radius 2 is 1.88 bits per heavy atom. The van der Waals surface area contributed by atoms with Crippen LogP contribution in [0.5, 0.6) is 0 Å². The Morgan fingerprint density at radius 3 is 2.66 bits per heavy atom.